The molecule has 0 spiro atoms. The molecule has 0 bridgehead atoms. The summed E-state index contributed by atoms with van der Waals surface area (Å²) < 4.78 is 0. The number of benzene rings is 1. The molecular weight excluding hydrogens is 232 g/mol. The number of carboxylic acid groups (broad SMARTS) is 1. The van der Waals surface area contributed by atoms with E-state index < -0.39 is 11.9 Å². The van der Waals surface area contributed by atoms with E-state index in [1.165, 1.54) is 29.9 Å². The van der Waals surface area contributed by atoms with E-state index in [1.807, 2.05) is 23.9 Å². The lowest BCUT2D eigenvalue weighted by molar-refractivity contribution is -0.138. The lowest BCUT2D eigenvalue weighted by atomic mass is 9.91. The molecule has 1 aromatic rings. The number of aliphatic carboxylic acids is 1. The molecule has 0 amide bonds. The molecule has 1 aliphatic rings. The van der Waals surface area contributed by atoms with Gasteiger partial charge in [-0.15, -0.1) is 0 Å². The van der Waals surface area contributed by atoms with Crippen molar-refractivity contribution in [1.29, 1.82) is 0 Å². The third kappa shape index (κ3) is 3.03. The summed E-state index contributed by atoms with van der Waals surface area (Å²) in [6.07, 6.45) is 2.50. The van der Waals surface area contributed by atoms with Crippen molar-refractivity contribution in [3.8, 4) is 0 Å². The van der Waals surface area contributed by atoms with Crippen LogP contribution < -0.4 is 0 Å². The van der Waals surface area contributed by atoms with Crippen LogP contribution in [-0.4, -0.2) is 22.6 Å². The zero-order valence-electron chi connectivity index (χ0n) is 10.1. The summed E-state index contributed by atoms with van der Waals surface area (Å²) in [6.45, 7) is 1.73. The van der Waals surface area contributed by atoms with Crippen molar-refractivity contribution in [3.63, 3.8) is 0 Å². The third-order valence-electron chi connectivity index (χ3n) is 3.50. The van der Waals surface area contributed by atoms with Crippen LogP contribution in [0.2, 0.25) is 0 Å². The molecule has 3 heteroatoms. The Hall–Kier alpha value is -0.960. The Morgan fingerprint density at radius 1 is 1.29 bits per heavy atom. The molecule has 1 fully saturated rings. The molecule has 2 rings (SSSR count). The Morgan fingerprint density at radius 3 is 2.41 bits per heavy atom. The zero-order chi connectivity index (χ0) is 12.3. The van der Waals surface area contributed by atoms with Gasteiger partial charge in [0.2, 0.25) is 0 Å². The lowest BCUT2D eigenvalue weighted by Crippen LogP contribution is -2.09. The minimum absolute atomic E-state index is 0.411. The SMILES string of the molecule is CC(C(=O)O)c1ccc(C2CCSCC2)cc1. The highest BCUT2D eigenvalue weighted by Crippen LogP contribution is 2.32. The molecule has 2 nitrogen and oxygen atoms in total. The van der Waals surface area contributed by atoms with Crippen LogP contribution in [0.1, 0.15) is 42.7 Å². The molecule has 1 saturated heterocycles. The zero-order valence-corrected chi connectivity index (χ0v) is 10.9. The Balaban J connectivity index is 2.09. The molecule has 1 unspecified atom stereocenters. The van der Waals surface area contributed by atoms with Crippen LogP contribution in [0.25, 0.3) is 0 Å². The highest BCUT2D eigenvalue weighted by atomic mass is 32.2. The molecule has 92 valence electrons. The van der Waals surface area contributed by atoms with Crippen LogP contribution in [0, 0.1) is 0 Å². The Bertz CT molecular complexity index is 380. The van der Waals surface area contributed by atoms with Gasteiger partial charge < -0.3 is 5.11 Å². The standard InChI is InChI=1S/C14H18O2S/c1-10(14(15)16)11-2-4-12(5-3-11)13-6-8-17-9-7-13/h2-5,10,13H,6-9H2,1H3,(H,15,16). The Labute approximate surface area is 106 Å². The van der Waals surface area contributed by atoms with Gasteiger partial charge in [-0.25, -0.2) is 0 Å². The van der Waals surface area contributed by atoms with E-state index in [-0.39, 0.29) is 0 Å². The highest BCUT2D eigenvalue weighted by Gasteiger charge is 2.17. The number of carbonyl (C=O) groups is 1. The predicted molar refractivity (Wildman–Crippen MR) is 71.8 cm³/mol. The second-order valence-corrected chi connectivity index (χ2v) is 5.84. The smallest absolute Gasteiger partial charge is 0.310 e. The minimum atomic E-state index is -0.758. The quantitative estimate of drug-likeness (QED) is 0.892. The van der Waals surface area contributed by atoms with Crippen molar-refractivity contribution in [2.45, 2.75) is 31.6 Å². The van der Waals surface area contributed by atoms with E-state index in [4.69, 9.17) is 5.11 Å². The van der Waals surface area contributed by atoms with Gasteiger partial charge in [0, 0.05) is 0 Å². The summed E-state index contributed by atoms with van der Waals surface area (Å²) in [5, 5.41) is 8.95. The van der Waals surface area contributed by atoms with Gasteiger partial charge in [0.15, 0.2) is 0 Å². The van der Waals surface area contributed by atoms with Gasteiger partial charge >= 0.3 is 5.97 Å². The van der Waals surface area contributed by atoms with Gasteiger partial charge in [0.25, 0.3) is 0 Å². The van der Waals surface area contributed by atoms with Crippen molar-refractivity contribution in [1.82, 2.24) is 0 Å². The van der Waals surface area contributed by atoms with Crippen molar-refractivity contribution in [3.05, 3.63) is 35.4 Å². The normalized spacial score (nSPS) is 18.9. The Morgan fingerprint density at radius 2 is 1.88 bits per heavy atom. The summed E-state index contributed by atoms with van der Waals surface area (Å²) in [5.74, 6) is 2.00. The number of rotatable bonds is 3. The van der Waals surface area contributed by atoms with Gasteiger partial charge in [0.05, 0.1) is 5.92 Å². The molecule has 0 aromatic heterocycles. The van der Waals surface area contributed by atoms with Gasteiger partial charge in [-0.2, -0.15) is 11.8 Å². The molecule has 1 N–H and O–H groups in total. The third-order valence-corrected chi connectivity index (χ3v) is 4.55. The minimum Gasteiger partial charge on any atom is -0.481 e. The fourth-order valence-corrected chi connectivity index (χ4v) is 3.34. The van der Waals surface area contributed by atoms with Gasteiger partial charge in [-0.3, -0.25) is 4.79 Å². The average Bonchev–Trinajstić information content (AvgIpc) is 2.39. The highest BCUT2D eigenvalue weighted by molar-refractivity contribution is 7.99. The topological polar surface area (TPSA) is 37.3 Å². The number of carboxylic acids is 1. The van der Waals surface area contributed by atoms with Gasteiger partial charge in [0.1, 0.15) is 0 Å². The van der Waals surface area contributed by atoms with Gasteiger partial charge in [-0.05, 0) is 48.3 Å². The molecule has 0 radical (unpaired) electrons. The second-order valence-electron chi connectivity index (χ2n) is 4.61. The summed E-state index contributed by atoms with van der Waals surface area (Å²) in [5.41, 5.74) is 2.26. The summed E-state index contributed by atoms with van der Waals surface area (Å²) in [4.78, 5) is 10.9. The molecule has 0 saturated carbocycles. The molecule has 1 heterocycles. The van der Waals surface area contributed by atoms with E-state index in [0.29, 0.717) is 5.92 Å². The lowest BCUT2D eigenvalue weighted by Gasteiger charge is -2.22. The maximum absolute atomic E-state index is 10.9. The first-order chi connectivity index (χ1) is 8.18. The maximum Gasteiger partial charge on any atom is 0.310 e. The maximum atomic E-state index is 10.9. The summed E-state index contributed by atoms with van der Waals surface area (Å²) in [6, 6.07) is 8.15. The predicted octanol–water partition coefficient (Wildman–Crippen LogP) is 3.49. The van der Waals surface area contributed by atoms with E-state index in [0.717, 1.165) is 5.56 Å². The monoisotopic (exact) mass is 250 g/mol. The molecule has 1 aliphatic heterocycles. The first-order valence-corrected chi connectivity index (χ1v) is 7.24. The summed E-state index contributed by atoms with van der Waals surface area (Å²) >= 11 is 2.03. The largest absolute Gasteiger partial charge is 0.481 e. The van der Waals surface area contributed by atoms with Crippen molar-refractivity contribution >= 4 is 17.7 Å². The molecule has 0 aliphatic carbocycles. The average molecular weight is 250 g/mol. The van der Waals surface area contributed by atoms with Crippen LogP contribution in [0.4, 0.5) is 0 Å². The van der Waals surface area contributed by atoms with Crippen LogP contribution in [0.5, 0.6) is 0 Å². The van der Waals surface area contributed by atoms with E-state index in [2.05, 4.69) is 12.1 Å². The Kier molecular flexibility index (Phi) is 4.11. The first kappa shape index (κ1) is 12.5. The first-order valence-electron chi connectivity index (χ1n) is 6.09. The van der Waals surface area contributed by atoms with E-state index in [1.54, 1.807) is 6.92 Å². The van der Waals surface area contributed by atoms with Crippen LogP contribution in [-0.2, 0) is 4.79 Å². The summed E-state index contributed by atoms with van der Waals surface area (Å²) in [7, 11) is 0. The second kappa shape index (κ2) is 5.58. The van der Waals surface area contributed by atoms with Crippen LogP contribution in [0.3, 0.4) is 0 Å². The van der Waals surface area contributed by atoms with Crippen molar-refractivity contribution in [2.75, 3.05) is 11.5 Å². The fraction of sp³-hybridized carbons (Fsp3) is 0.500. The van der Waals surface area contributed by atoms with Crippen LogP contribution >= 0.6 is 11.8 Å². The van der Waals surface area contributed by atoms with Crippen molar-refractivity contribution in [2.24, 2.45) is 0 Å². The molecule has 1 atom stereocenters. The molecule has 17 heavy (non-hydrogen) atoms. The van der Waals surface area contributed by atoms with E-state index in [9.17, 15) is 4.79 Å². The molecule has 1 aromatic carbocycles. The van der Waals surface area contributed by atoms with Gasteiger partial charge in [-0.1, -0.05) is 24.3 Å². The van der Waals surface area contributed by atoms with E-state index >= 15 is 0 Å². The fourth-order valence-electron chi connectivity index (χ4n) is 2.23. The number of hydrogen-bond donors (Lipinski definition) is 1. The number of hydrogen-bond acceptors (Lipinski definition) is 2. The molecular formula is C14H18O2S. The van der Waals surface area contributed by atoms with Crippen LogP contribution in [0.15, 0.2) is 24.3 Å². The van der Waals surface area contributed by atoms with Crippen molar-refractivity contribution < 1.29 is 9.90 Å². The number of thioether (sulfide) groups is 1.